The van der Waals surface area contributed by atoms with E-state index < -0.39 is 5.82 Å². The van der Waals surface area contributed by atoms with Crippen molar-refractivity contribution in [3.63, 3.8) is 0 Å². The molecule has 0 atom stereocenters. The molecule has 1 aliphatic rings. The molecule has 0 aliphatic carbocycles. The Morgan fingerprint density at radius 3 is 2.94 bits per heavy atom. The van der Waals surface area contributed by atoms with Crippen LogP contribution in [-0.2, 0) is 9.59 Å². The molecule has 1 aromatic carbocycles. The van der Waals surface area contributed by atoms with E-state index in [1.165, 1.54) is 34.9 Å². The molecule has 2 amide bonds. The lowest BCUT2D eigenvalue weighted by Gasteiger charge is -2.14. The summed E-state index contributed by atoms with van der Waals surface area (Å²) in [6, 6.07) is 3.92. The quantitative estimate of drug-likeness (QED) is 0.925. The largest absolute Gasteiger partial charge is 0.324 e. The first-order valence-electron chi connectivity index (χ1n) is 5.16. The highest BCUT2D eigenvalue weighted by molar-refractivity contribution is 8.00. The van der Waals surface area contributed by atoms with Crippen LogP contribution < -0.4 is 5.32 Å². The second-order valence-electron chi connectivity index (χ2n) is 3.75. The van der Waals surface area contributed by atoms with Crippen LogP contribution in [0, 0.1) is 5.82 Å². The van der Waals surface area contributed by atoms with Gasteiger partial charge in [0.05, 0.1) is 16.7 Å². The number of halogens is 2. The third-order valence-electron chi connectivity index (χ3n) is 2.36. The van der Waals surface area contributed by atoms with Crippen molar-refractivity contribution in [2.24, 2.45) is 0 Å². The van der Waals surface area contributed by atoms with Crippen LogP contribution in [0.25, 0.3) is 0 Å². The lowest BCUT2D eigenvalue weighted by molar-refractivity contribution is -0.130. The van der Waals surface area contributed by atoms with Gasteiger partial charge in [0.15, 0.2) is 0 Å². The summed E-state index contributed by atoms with van der Waals surface area (Å²) in [6.45, 7) is 0.000822. The Hall–Kier alpha value is -1.27. The van der Waals surface area contributed by atoms with Crippen molar-refractivity contribution in [2.75, 3.05) is 23.5 Å². The summed E-state index contributed by atoms with van der Waals surface area (Å²) in [5.41, 5.74) is 0.408. The highest BCUT2D eigenvalue weighted by Crippen LogP contribution is 2.19. The lowest BCUT2D eigenvalue weighted by atomic mass is 10.3. The van der Waals surface area contributed by atoms with E-state index in [-0.39, 0.29) is 23.4 Å². The Morgan fingerprint density at radius 2 is 2.33 bits per heavy atom. The average Bonchev–Trinajstić information content (AvgIpc) is 2.70. The van der Waals surface area contributed by atoms with Crippen molar-refractivity contribution in [3.8, 4) is 0 Å². The summed E-state index contributed by atoms with van der Waals surface area (Å²) in [5, 5.41) is 2.51. The van der Waals surface area contributed by atoms with E-state index in [1.807, 2.05) is 0 Å². The Kier molecular flexibility index (Phi) is 4.08. The number of rotatable bonds is 3. The molecular weight excluding hydrogens is 279 g/mol. The van der Waals surface area contributed by atoms with Crippen LogP contribution in [0.2, 0.25) is 5.02 Å². The van der Waals surface area contributed by atoms with Crippen molar-refractivity contribution in [2.45, 2.75) is 0 Å². The predicted molar refractivity (Wildman–Crippen MR) is 69.1 cm³/mol. The van der Waals surface area contributed by atoms with Crippen molar-refractivity contribution in [3.05, 3.63) is 29.0 Å². The van der Waals surface area contributed by atoms with Gasteiger partial charge < -0.3 is 10.2 Å². The Balaban J connectivity index is 1.94. The normalized spacial score (nSPS) is 15.0. The molecule has 1 saturated heterocycles. The van der Waals surface area contributed by atoms with Crippen molar-refractivity contribution in [1.82, 2.24) is 4.90 Å². The molecule has 1 aliphatic heterocycles. The second kappa shape index (κ2) is 5.58. The fourth-order valence-electron chi connectivity index (χ4n) is 1.49. The number of hydrogen-bond donors (Lipinski definition) is 1. The standard InChI is InChI=1S/C11H10ClFN2O2S/c12-8-3-7(1-2-9(8)13)14-10(16)4-15-6-18-5-11(15)17/h1-3H,4-6H2,(H,14,16). The van der Waals surface area contributed by atoms with Gasteiger partial charge in [0.1, 0.15) is 12.4 Å². The number of benzene rings is 1. The van der Waals surface area contributed by atoms with E-state index in [4.69, 9.17) is 11.6 Å². The van der Waals surface area contributed by atoms with Crippen LogP contribution in [0.5, 0.6) is 0 Å². The van der Waals surface area contributed by atoms with Gasteiger partial charge in [-0.1, -0.05) is 11.6 Å². The highest BCUT2D eigenvalue weighted by atomic mass is 35.5. The molecule has 0 spiro atoms. The molecule has 0 radical (unpaired) electrons. The maximum atomic E-state index is 12.9. The van der Waals surface area contributed by atoms with E-state index in [0.29, 0.717) is 17.3 Å². The third-order valence-corrected chi connectivity index (χ3v) is 3.60. The number of carbonyl (C=O) groups excluding carboxylic acids is 2. The van der Waals surface area contributed by atoms with Crippen molar-refractivity contribution >= 4 is 40.9 Å². The number of anilines is 1. The molecule has 0 bridgehead atoms. The maximum absolute atomic E-state index is 12.9. The summed E-state index contributed by atoms with van der Waals surface area (Å²) in [6.07, 6.45) is 0. The summed E-state index contributed by atoms with van der Waals surface area (Å²) in [4.78, 5) is 24.4. The van der Waals surface area contributed by atoms with Crippen LogP contribution in [0.1, 0.15) is 0 Å². The molecule has 18 heavy (non-hydrogen) atoms. The minimum absolute atomic E-state index is 0.000822. The van der Waals surface area contributed by atoms with E-state index in [9.17, 15) is 14.0 Å². The van der Waals surface area contributed by atoms with Gasteiger partial charge in [0.2, 0.25) is 11.8 Å². The number of hydrogen-bond acceptors (Lipinski definition) is 3. The van der Waals surface area contributed by atoms with Crippen LogP contribution in [0.3, 0.4) is 0 Å². The zero-order chi connectivity index (χ0) is 13.1. The second-order valence-corrected chi connectivity index (χ2v) is 5.11. The highest BCUT2D eigenvalue weighted by Gasteiger charge is 2.22. The third kappa shape index (κ3) is 3.14. The SMILES string of the molecule is O=C(CN1CSCC1=O)Nc1ccc(F)c(Cl)c1. The minimum Gasteiger partial charge on any atom is -0.324 e. The van der Waals surface area contributed by atoms with E-state index in [0.717, 1.165) is 0 Å². The van der Waals surface area contributed by atoms with Gasteiger partial charge >= 0.3 is 0 Å². The fraction of sp³-hybridized carbons (Fsp3) is 0.273. The summed E-state index contributed by atoms with van der Waals surface area (Å²) >= 11 is 7.07. The molecule has 0 unspecified atom stereocenters. The van der Waals surface area contributed by atoms with Gasteiger partial charge in [-0.25, -0.2) is 4.39 Å². The molecule has 7 heteroatoms. The number of nitrogens with one attached hydrogen (secondary N) is 1. The number of carbonyl (C=O) groups is 2. The monoisotopic (exact) mass is 288 g/mol. The summed E-state index contributed by atoms with van der Waals surface area (Å²) < 4.78 is 12.9. The molecule has 1 fully saturated rings. The van der Waals surface area contributed by atoms with Crippen LogP contribution in [0.4, 0.5) is 10.1 Å². The molecule has 96 valence electrons. The van der Waals surface area contributed by atoms with Gasteiger partial charge in [-0.2, -0.15) is 0 Å². The number of amides is 2. The van der Waals surface area contributed by atoms with Gasteiger partial charge in [0, 0.05) is 5.69 Å². The number of thioether (sulfide) groups is 1. The molecule has 4 nitrogen and oxygen atoms in total. The van der Waals surface area contributed by atoms with Gasteiger partial charge in [0.25, 0.3) is 0 Å². The lowest BCUT2D eigenvalue weighted by Crippen LogP contribution is -2.34. The molecule has 1 heterocycles. The van der Waals surface area contributed by atoms with Crippen molar-refractivity contribution in [1.29, 1.82) is 0 Å². The average molecular weight is 289 g/mol. The first-order chi connectivity index (χ1) is 8.56. The Morgan fingerprint density at radius 1 is 1.56 bits per heavy atom. The zero-order valence-electron chi connectivity index (χ0n) is 9.28. The topological polar surface area (TPSA) is 49.4 Å². The van der Waals surface area contributed by atoms with Crippen LogP contribution >= 0.6 is 23.4 Å². The van der Waals surface area contributed by atoms with Crippen molar-refractivity contribution < 1.29 is 14.0 Å². The predicted octanol–water partition coefficient (Wildman–Crippen LogP) is 1.95. The summed E-state index contributed by atoms with van der Waals surface area (Å²) in [5.74, 6) is 0.0214. The maximum Gasteiger partial charge on any atom is 0.244 e. The summed E-state index contributed by atoms with van der Waals surface area (Å²) in [7, 11) is 0. The van der Waals surface area contributed by atoms with E-state index in [1.54, 1.807) is 0 Å². The molecule has 1 aromatic rings. The van der Waals surface area contributed by atoms with Gasteiger partial charge in [-0.3, -0.25) is 9.59 Å². The first kappa shape index (κ1) is 13.2. The van der Waals surface area contributed by atoms with Gasteiger partial charge in [-0.15, -0.1) is 11.8 Å². The molecule has 2 rings (SSSR count). The van der Waals surface area contributed by atoms with E-state index in [2.05, 4.69) is 5.32 Å². The minimum atomic E-state index is -0.541. The number of nitrogens with zero attached hydrogens (tertiary/aromatic N) is 1. The smallest absolute Gasteiger partial charge is 0.244 e. The van der Waals surface area contributed by atoms with Crippen LogP contribution in [-0.4, -0.2) is 34.9 Å². The Labute approximate surface area is 112 Å². The molecular formula is C11H10ClFN2O2S. The molecule has 0 aromatic heterocycles. The molecule has 1 N–H and O–H groups in total. The van der Waals surface area contributed by atoms with Crippen LogP contribution in [0.15, 0.2) is 18.2 Å². The van der Waals surface area contributed by atoms with Gasteiger partial charge in [-0.05, 0) is 18.2 Å². The first-order valence-corrected chi connectivity index (χ1v) is 6.70. The Bertz CT molecular complexity index is 498. The molecule has 0 saturated carbocycles. The van der Waals surface area contributed by atoms with E-state index >= 15 is 0 Å². The zero-order valence-corrected chi connectivity index (χ0v) is 10.9. The fourth-order valence-corrected chi connectivity index (χ4v) is 2.57.